The Morgan fingerprint density at radius 1 is 1.14 bits per heavy atom. The van der Waals surface area contributed by atoms with Crippen molar-refractivity contribution in [2.24, 2.45) is 0 Å². The van der Waals surface area contributed by atoms with E-state index in [0.29, 0.717) is 13.0 Å². The van der Waals surface area contributed by atoms with Crippen LogP contribution in [-0.2, 0) is 9.59 Å². The number of amides is 2. The zero-order valence-electron chi connectivity index (χ0n) is 17.1. The van der Waals surface area contributed by atoms with Crippen LogP contribution in [0.4, 0.5) is 5.69 Å². The monoisotopic (exact) mass is 385 g/mol. The lowest BCUT2D eigenvalue weighted by molar-refractivity contribution is -0.137. The van der Waals surface area contributed by atoms with E-state index in [1.165, 1.54) is 5.69 Å². The Morgan fingerprint density at radius 3 is 2.64 bits per heavy atom. The molecule has 0 N–H and O–H groups in total. The first kappa shape index (κ1) is 19.2. The van der Waals surface area contributed by atoms with Crippen LogP contribution >= 0.6 is 0 Å². The summed E-state index contributed by atoms with van der Waals surface area (Å²) in [5.74, 6) is 0.468. The Labute approximate surface area is 167 Å². The lowest BCUT2D eigenvalue weighted by Crippen LogP contribution is -2.44. The van der Waals surface area contributed by atoms with Crippen molar-refractivity contribution in [1.29, 1.82) is 0 Å². The number of aryl methyl sites for hydroxylation is 1. The Morgan fingerprint density at radius 2 is 1.93 bits per heavy atom. The van der Waals surface area contributed by atoms with Gasteiger partial charge >= 0.3 is 0 Å². The largest absolute Gasteiger partial charge is 0.369 e. The van der Waals surface area contributed by atoms with Gasteiger partial charge in [-0.2, -0.15) is 0 Å². The van der Waals surface area contributed by atoms with Gasteiger partial charge in [0.25, 0.3) is 0 Å². The molecule has 0 radical (unpaired) electrons. The minimum Gasteiger partial charge on any atom is -0.369 e. The molecule has 1 atom stereocenters. The molecule has 0 spiro atoms. The number of piperazine rings is 1. The molecule has 4 heterocycles. The van der Waals surface area contributed by atoms with Crippen LogP contribution in [0.15, 0.2) is 12.1 Å². The predicted molar refractivity (Wildman–Crippen MR) is 108 cm³/mol. The standard InChI is InChI=1S/C21H31N5O2/c1-16-12-18(24-10-8-23(2)9-11-24)13-19(22-16)17-5-7-26(14-17)21(28)15-25-6-3-4-20(25)27/h12-13,17H,3-11,14-15H2,1-2H3. The number of anilines is 1. The van der Waals surface area contributed by atoms with Crippen molar-refractivity contribution in [3.8, 4) is 0 Å². The molecule has 7 nitrogen and oxygen atoms in total. The molecule has 152 valence electrons. The summed E-state index contributed by atoms with van der Waals surface area (Å²) in [6.45, 7) is 8.71. The van der Waals surface area contributed by atoms with Crippen LogP contribution in [-0.4, -0.2) is 90.9 Å². The molecule has 3 saturated heterocycles. The highest BCUT2D eigenvalue weighted by Crippen LogP contribution is 2.29. The second-order valence-corrected chi connectivity index (χ2v) is 8.43. The number of carbonyl (C=O) groups excluding carboxylic acids is 2. The third kappa shape index (κ3) is 4.14. The van der Waals surface area contributed by atoms with Crippen molar-refractivity contribution >= 4 is 17.5 Å². The minimum atomic E-state index is 0.0738. The van der Waals surface area contributed by atoms with Gasteiger partial charge in [-0.15, -0.1) is 0 Å². The van der Waals surface area contributed by atoms with E-state index in [1.54, 1.807) is 4.90 Å². The third-order valence-corrected chi connectivity index (χ3v) is 6.28. The molecule has 0 bridgehead atoms. The van der Waals surface area contributed by atoms with Gasteiger partial charge < -0.3 is 19.6 Å². The summed E-state index contributed by atoms with van der Waals surface area (Å²) in [5.41, 5.74) is 3.39. The van der Waals surface area contributed by atoms with Crippen LogP contribution in [0, 0.1) is 6.92 Å². The minimum absolute atomic E-state index is 0.0738. The number of likely N-dealkylation sites (N-methyl/N-ethyl adjacent to an activating group) is 1. The molecule has 1 unspecified atom stereocenters. The zero-order chi connectivity index (χ0) is 19.7. The number of rotatable bonds is 4. The molecule has 28 heavy (non-hydrogen) atoms. The quantitative estimate of drug-likeness (QED) is 0.776. The Bertz CT molecular complexity index is 744. The average molecular weight is 386 g/mol. The topological polar surface area (TPSA) is 60.0 Å². The maximum atomic E-state index is 12.6. The summed E-state index contributed by atoms with van der Waals surface area (Å²) in [6, 6.07) is 4.40. The van der Waals surface area contributed by atoms with Crippen molar-refractivity contribution in [1.82, 2.24) is 19.7 Å². The van der Waals surface area contributed by atoms with Crippen molar-refractivity contribution in [3.63, 3.8) is 0 Å². The Kier molecular flexibility index (Phi) is 5.53. The van der Waals surface area contributed by atoms with Gasteiger partial charge in [0, 0.05) is 75.2 Å². The maximum absolute atomic E-state index is 12.6. The molecule has 3 fully saturated rings. The number of pyridine rings is 1. The van der Waals surface area contributed by atoms with E-state index in [9.17, 15) is 9.59 Å². The number of nitrogens with zero attached hydrogens (tertiary/aromatic N) is 5. The first-order valence-electron chi connectivity index (χ1n) is 10.5. The Balaban J connectivity index is 1.40. The fourth-order valence-corrected chi connectivity index (χ4v) is 4.49. The molecule has 0 aliphatic carbocycles. The summed E-state index contributed by atoms with van der Waals surface area (Å²) in [6.07, 6.45) is 2.40. The van der Waals surface area contributed by atoms with Crippen LogP contribution in [0.5, 0.6) is 0 Å². The van der Waals surface area contributed by atoms with Crippen molar-refractivity contribution in [3.05, 3.63) is 23.5 Å². The second kappa shape index (κ2) is 8.07. The van der Waals surface area contributed by atoms with Gasteiger partial charge in [0.15, 0.2) is 0 Å². The molecular weight excluding hydrogens is 354 g/mol. The van der Waals surface area contributed by atoms with E-state index in [-0.39, 0.29) is 24.3 Å². The normalized spacial score (nSPS) is 23.7. The van der Waals surface area contributed by atoms with E-state index < -0.39 is 0 Å². The van der Waals surface area contributed by atoms with E-state index >= 15 is 0 Å². The van der Waals surface area contributed by atoms with Gasteiger partial charge in [0.2, 0.25) is 11.8 Å². The SMILES string of the molecule is Cc1cc(N2CCN(C)CC2)cc(C2CCN(C(=O)CN3CCCC3=O)C2)n1. The van der Waals surface area contributed by atoms with Crippen molar-refractivity contribution in [2.45, 2.75) is 32.1 Å². The molecule has 1 aromatic rings. The van der Waals surface area contributed by atoms with Gasteiger partial charge in [0.05, 0.1) is 6.54 Å². The molecule has 1 aromatic heterocycles. The second-order valence-electron chi connectivity index (χ2n) is 8.43. The number of likely N-dealkylation sites (tertiary alicyclic amines) is 2. The highest BCUT2D eigenvalue weighted by molar-refractivity contribution is 5.86. The highest BCUT2D eigenvalue weighted by Gasteiger charge is 2.31. The van der Waals surface area contributed by atoms with Gasteiger partial charge in [0.1, 0.15) is 0 Å². The summed E-state index contributed by atoms with van der Waals surface area (Å²) in [7, 11) is 2.17. The van der Waals surface area contributed by atoms with Gasteiger partial charge in [-0.05, 0) is 38.9 Å². The van der Waals surface area contributed by atoms with Gasteiger partial charge in [-0.25, -0.2) is 0 Å². The molecular formula is C21H31N5O2. The molecule has 7 heteroatoms. The van der Waals surface area contributed by atoms with Crippen molar-refractivity contribution in [2.75, 3.05) is 64.3 Å². The summed E-state index contributed by atoms with van der Waals surface area (Å²) in [5, 5.41) is 0. The van der Waals surface area contributed by atoms with Crippen LogP contribution in [0.1, 0.15) is 36.6 Å². The lowest BCUT2D eigenvalue weighted by atomic mass is 10.0. The fraction of sp³-hybridized carbons (Fsp3) is 0.667. The molecule has 4 rings (SSSR count). The number of aromatic nitrogens is 1. The van der Waals surface area contributed by atoms with Crippen LogP contribution in [0.25, 0.3) is 0 Å². The Hall–Kier alpha value is -2.15. The van der Waals surface area contributed by atoms with E-state index in [2.05, 4.69) is 35.9 Å². The van der Waals surface area contributed by atoms with Gasteiger partial charge in [-0.3, -0.25) is 14.6 Å². The average Bonchev–Trinajstić information content (AvgIpc) is 3.32. The van der Waals surface area contributed by atoms with Crippen LogP contribution in [0.3, 0.4) is 0 Å². The van der Waals surface area contributed by atoms with Gasteiger partial charge in [-0.1, -0.05) is 0 Å². The fourth-order valence-electron chi connectivity index (χ4n) is 4.49. The predicted octanol–water partition coefficient (Wildman–Crippen LogP) is 1.08. The molecule has 0 aromatic carbocycles. The van der Waals surface area contributed by atoms with Crippen molar-refractivity contribution < 1.29 is 9.59 Å². The van der Waals surface area contributed by atoms with E-state index in [4.69, 9.17) is 4.98 Å². The maximum Gasteiger partial charge on any atom is 0.242 e. The summed E-state index contributed by atoms with van der Waals surface area (Å²) < 4.78 is 0. The molecule has 0 saturated carbocycles. The molecule has 3 aliphatic heterocycles. The summed E-state index contributed by atoms with van der Waals surface area (Å²) in [4.78, 5) is 37.6. The number of hydrogen-bond donors (Lipinski definition) is 0. The lowest BCUT2D eigenvalue weighted by Gasteiger charge is -2.34. The van der Waals surface area contributed by atoms with E-state index in [0.717, 1.165) is 63.5 Å². The molecule has 2 amide bonds. The third-order valence-electron chi connectivity index (χ3n) is 6.28. The first-order chi connectivity index (χ1) is 13.5. The summed E-state index contributed by atoms with van der Waals surface area (Å²) >= 11 is 0. The van der Waals surface area contributed by atoms with Crippen LogP contribution < -0.4 is 4.90 Å². The smallest absolute Gasteiger partial charge is 0.242 e. The number of carbonyl (C=O) groups is 2. The van der Waals surface area contributed by atoms with E-state index in [1.807, 2.05) is 4.90 Å². The molecule has 3 aliphatic rings. The first-order valence-corrected chi connectivity index (χ1v) is 10.5. The zero-order valence-corrected chi connectivity index (χ0v) is 17.1. The van der Waals surface area contributed by atoms with Crippen LogP contribution in [0.2, 0.25) is 0 Å². The number of hydrogen-bond acceptors (Lipinski definition) is 5. The highest BCUT2D eigenvalue weighted by atomic mass is 16.2.